The number of nitrogens with one attached hydrogen (secondary N) is 1. The molecule has 3 aliphatic rings. The van der Waals surface area contributed by atoms with E-state index in [9.17, 15) is 4.79 Å². The fraction of sp³-hybridized carbons (Fsp3) is 0.941. The van der Waals surface area contributed by atoms with Crippen LogP contribution in [0.15, 0.2) is 0 Å². The predicted octanol–water partition coefficient (Wildman–Crippen LogP) is 1.23. The number of hydrogen-bond acceptors (Lipinski definition) is 4. The van der Waals surface area contributed by atoms with E-state index in [1.54, 1.807) is 7.11 Å². The summed E-state index contributed by atoms with van der Waals surface area (Å²) in [6.45, 7) is 5.70. The minimum atomic E-state index is -0.576. The van der Waals surface area contributed by atoms with E-state index in [1.165, 1.54) is 25.7 Å². The van der Waals surface area contributed by atoms with Gasteiger partial charge >= 0.3 is 0 Å². The lowest BCUT2D eigenvalue weighted by Gasteiger charge is -2.38. The molecular weight excluding hydrogens is 278 g/mol. The number of piperidine rings is 1. The third-order valence-corrected chi connectivity index (χ3v) is 5.85. The minimum Gasteiger partial charge on any atom is -0.368 e. The molecule has 0 atom stereocenters. The van der Waals surface area contributed by atoms with Crippen molar-refractivity contribution in [1.82, 2.24) is 15.1 Å². The van der Waals surface area contributed by atoms with Crippen LogP contribution < -0.4 is 5.32 Å². The Bertz CT molecular complexity index is 376. The maximum atomic E-state index is 13.0. The van der Waals surface area contributed by atoms with Crippen LogP contribution in [0.2, 0.25) is 0 Å². The molecule has 0 spiro atoms. The largest absolute Gasteiger partial charge is 0.368 e. The average molecular weight is 309 g/mol. The van der Waals surface area contributed by atoms with Crippen LogP contribution in [0.4, 0.5) is 0 Å². The van der Waals surface area contributed by atoms with Crippen molar-refractivity contribution in [2.75, 3.05) is 46.4 Å². The van der Waals surface area contributed by atoms with E-state index in [-0.39, 0.29) is 5.91 Å². The van der Waals surface area contributed by atoms with Gasteiger partial charge in [-0.3, -0.25) is 9.69 Å². The van der Waals surface area contributed by atoms with Gasteiger partial charge in [-0.1, -0.05) is 12.8 Å². The SMILES string of the molecule is COC1(C(=O)N2CCCN(C3CCCC3)CC2)CCNCC1. The molecule has 0 aromatic rings. The molecule has 1 saturated carbocycles. The van der Waals surface area contributed by atoms with Gasteiger partial charge in [0.1, 0.15) is 5.60 Å². The maximum absolute atomic E-state index is 13.0. The summed E-state index contributed by atoms with van der Waals surface area (Å²) in [7, 11) is 1.70. The van der Waals surface area contributed by atoms with Crippen molar-refractivity contribution in [3.63, 3.8) is 0 Å². The van der Waals surface area contributed by atoms with Crippen LogP contribution in [0, 0.1) is 0 Å². The zero-order chi connectivity index (χ0) is 15.4. The standard InChI is InChI=1S/C17H31N3O2/c1-22-17(7-9-18-10-8-17)16(21)20-12-4-11-19(13-14-20)15-5-2-3-6-15/h15,18H,2-14H2,1H3. The molecule has 2 aliphatic heterocycles. The molecular formula is C17H31N3O2. The lowest BCUT2D eigenvalue weighted by Crippen LogP contribution is -2.56. The summed E-state index contributed by atoms with van der Waals surface area (Å²) in [5.41, 5.74) is -0.576. The van der Waals surface area contributed by atoms with E-state index >= 15 is 0 Å². The molecule has 1 N–H and O–H groups in total. The molecule has 0 radical (unpaired) electrons. The first-order valence-corrected chi connectivity index (χ1v) is 9.04. The molecule has 1 aliphatic carbocycles. The third kappa shape index (κ3) is 3.31. The summed E-state index contributed by atoms with van der Waals surface area (Å²) in [5.74, 6) is 0.227. The van der Waals surface area contributed by atoms with Gasteiger partial charge in [0, 0.05) is 39.3 Å². The number of methoxy groups -OCH3 is 1. The Hall–Kier alpha value is -0.650. The first-order valence-electron chi connectivity index (χ1n) is 9.04. The summed E-state index contributed by atoms with van der Waals surface area (Å²) < 4.78 is 5.72. The van der Waals surface area contributed by atoms with Crippen LogP contribution in [0.3, 0.4) is 0 Å². The van der Waals surface area contributed by atoms with E-state index in [0.29, 0.717) is 0 Å². The number of carbonyl (C=O) groups excluding carboxylic acids is 1. The van der Waals surface area contributed by atoms with E-state index in [2.05, 4.69) is 15.1 Å². The maximum Gasteiger partial charge on any atom is 0.254 e. The summed E-state index contributed by atoms with van der Waals surface area (Å²) in [5, 5.41) is 3.33. The minimum absolute atomic E-state index is 0.227. The zero-order valence-electron chi connectivity index (χ0n) is 14.0. The molecule has 3 rings (SSSR count). The van der Waals surface area contributed by atoms with Crippen LogP contribution in [-0.4, -0.2) is 73.7 Å². The molecule has 0 aromatic heterocycles. The molecule has 3 fully saturated rings. The normalized spacial score (nSPS) is 27.8. The van der Waals surface area contributed by atoms with E-state index < -0.39 is 5.60 Å². The van der Waals surface area contributed by atoms with Gasteiger partial charge in [-0.2, -0.15) is 0 Å². The number of nitrogens with zero attached hydrogens (tertiary/aromatic N) is 2. The Morgan fingerprint density at radius 3 is 2.45 bits per heavy atom. The number of rotatable bonds is 3. The summed E-state index contributed by atoms with van der Waals surface area (Å²) in [4.78, 5) is 17.7. The van der Waals surface area contributed by atoms with E-state index in [0.717, 1.165) is 64.6 Å². The van der Waals surface area contributed by atoms with Gasteiger partial charge in [-0.15, -0.1) is 0 Å². The Kier molecular flexibility index (Phi) is 5.37. The molecule has 22 heavy (non-hydrogen) atoms. The summed E-state index contributed by atoms with van der Waals surface area (Å²) in [6, 6.07) is 0.769. The summed E-state index contributed by atoms with van der Waals surface area (Å²) >= 11 is 0. The Labute approximate surface area is 134 Å². The lowest BCUT2D eigenvalue weighted by molar-refractivity contribution is -0.158. The smallest absolute Gasteiger partial charge is 0.254 e. The van der Waals surface area contributed by atoms with Crippen molar-refractivity contribution in [2.24, 2.45) is 0 Å². The quantitative estimate of drug-likeness (QED) is 0.852. The predicted molar refractivity (Wildman–Crippen MR) is 86.9 cm³/mol. The first-order chi connectivity index (χ1) is 10.7. The molecule has 2 saturated heterocycles. The van der Waals surface area contributed by atoms with Gasteiger partial charge in [0.2, 0.25) is 0 Å². The van der Waals surface area contributed by atoms with Gasteiger partial charge in [0.15, 0.2) is 0 Å². The molecule has 2 heterocycles. The number of carbonyl (C=O) groups is 1. The average Bonchev–Trinajstić information content (AvgIpc) is 2.99. The monoisotopic (exact) mass is 309 g/mol. The third-order valence-electron chi connectivity index (χ3n) is 5.85. The summed E-state index contributed by atoms with van der Waals surface area (Å²) in [6.07, 6.45) is 8.15. The van der Waals surface area contributed by atoms with Crippen LogP contribution in [0.5, 0.6) is 0 Å². The van der Waals surface area contributed by atoms with Crippen molar-refractivity contribution >= 4 is 5.91 Å². The number of ether oxygens (including phenoxy) is 1. The van der Waals surface area contributed by atoms with E-state index in [1.807, 2.05) is 0 Å². The van der Waals surface area contributed by atoms with Crippen molar-refractivity contribution < 1.29 is 9.53 Å². The van der Waals surface area contributed by atoms with Crippen LogP contribution >= 0.6 is 0 Å². The Balaban J connectivity index is 1.60. The number of hydrogen-bond donors (Lipinski definition) is 1. The fourth-order valence-electron chi connectivity index (χ4n) is 4.40. The molecule has 1 amide bonds. The molecule has 126 valence electrons. The fourth-order valence-corrected chi connectivity index (χ4v) is 4.40. The highest BCUT2D eigenvalue weighted by Gasteiger charge is 2.42. The van der Waals surface area contributed by atoms with Gasteiger partial charge in [0.05, 0.1) is 0 Å². The van der Waals surface area contributed by atoms with Crippen molar-refractivity contribution in [3.05, 3.63) is 0 Å². The molecule has 0 bridgehead atoms. The van der Waals surface area contributed by atoms with Gasteiger partial charge < -0.3 is 15.0 Å². The lowest BCUT2D eigenvalue weighted by atomic mass is 9.90. The molecule has 0 aromatic carbocycles. The van der Waals surface area contributed by atoms with Crippen LogP contribution in [0.25, 0.3) is 0 Å². The first kappa shape index (κ1) is 16.2. The van der Waals surface area contributed by atoms with Gasteiger partial charge in [-0.05, 0) is 45.2 Å². The Morgan fingerprint density at radius 2 is 1.77 bits per heavy atom. The molecule has 0 unspecified atom stereocenters. The van der Waals surface area contributed by atoms with Crippen molar-refractivity contribution in [1.29, 1.82) is 0 Å². The van der Waals surface area contributed by atoms with Gasteiger partial charge in [-0.25, -0.2) is 0 Å². The highest BCUT2D eigenvalue weighted by Crippen LogP contribution is 2.27. The highest BCUT2D eigenvalue weighted by molar-refractivity contribution is 5.85. The van der Waals surface area contributed by atoms with Crippen LogP contribution in [0.1, 0.15) is 44.9 Å². The van der Waals surface area contributed by atoms with Gasteiger partial charge in [0.25, 0.3) is 5.91 Å². The number of amides is 1. The molecule has 5 nitrogen and oxygen atoms in total. The second-order valence-corrected chi connectivity index (χ2v) is 7.07. The van der Waals surface area contributed by atoms with Crippen molar-refractivity contribution in [3.8, 4) is 0 Å². The highest BCUT2D eigenvalue weighted by atomic mass is 16.5. The van der Waals surface area contributed by atoms with Crippen molar-refractivity contribution in [2.45, 2.75) is 56.6 Å². The second-order valence-electron chi connectivity index (χ2n) is 7.07. The molecule has 5 heteroatoms. The topological polar surface area (TPSA) is 44.8 Å². The van der Waals surface area contributed by atoms with E-state index in [4.69, 9.17) is 4.74 Å². The second kappa shape index (κ2) is 7.28. The zero-order valence-corrected chi connectivity index (χ0v) is 14.0. The van der Waals surface area contributed by atoms with Crippen LogP contribution in [-0.2, 0) is 9.53 Å². The Morgan fingerprint density at radius 1 is 1.05 bits per heavy atom.